The van der Waals surface area contributed by atoms with Crippen molar-refractivity contribution < 1.29 is 0 Å². The van der Waals surface area contributed by atoms with Gasteiger partial charge in [-0.15, -0.1) is 10.2 Å². The zero-order valence-electron chi connectivity index (χ0n) is 15.3. The number of hydrogen-bond donors (Lipinski definition) is 0. The predicted molar refractivity (Wildman–Crippen MR) is 104 cm³/mol. The van der Waals surface area contributed by atoms with Crippen LogP contribution < -0.4 is 11.2 Å². The van der Waals surface area contributed by atoms with Crippen LogP contribution in [0.5, 0.6) is 0 Å². The topological polar surface area (TPSA) is 79.1 Å². The molecule has 1 aromatic carbocycles. The maximum Gasteiger partial charge on any atom is 0.332 e. The molecule has 3 aromatic heterocycles. The van der Waals surface area contributed by atoms with Crippen LogP contribution in [0.15, 0.2) is 33.9 Å². The third-order valence-electron chi connectivity index (χ3n) is 4.82. The Balaban J connectivity index is 2.18. The number of imidazole rings is 1. The van der Waals surface area contributed by atoms with Crippen molar-refractivity contribution in [3.8, 4) is 11.4 Å². The maximum absolute atomic E-state index is 12.9. The summed E-state index contributed by atoms with van der Waals surface area (Å²) >= 11 is 6.00. The van der Waals surface area contributed by atoms with Crippen LogP contribution in [0.4, 0.5) is 0 Å². The van der Waals surface area contributed by atoms with Gasteiger partial charge in [-0.1, -0.05) is 24.9 Å². The molecule has 8 nitrogen and oxygen atoms in total. The number of aryl methyl sites for hydroxylation is 2. The predicted octanol–water partition coefficient (Wildman–Crippen LogP) is 2.20. The summed E-state index contributed by atoms with van der Waals surface area (Å²) in [5.74, 6) is 1.10. The highest BCUT2D eigenvalue weighted by atomic mass is 35.5. The average Bonchev–Trinajstić information content (AvgIpc) is 3.22. The van der Waals surface area contributed by atoms with Crippen molar-refractivity contribution in [2.75, 3.05) is 0 Å². The van der Waals surface area contributed by atoms with E-state index >= 15 is 0 Å². The molecule has 3 heterocycles. The summed E-state index contributed by atoms with van der Waals surface area (Å²) in [6.45, 7) is 2.70. The molecule has 27 heavy (non-hydrogen) atoms. The lowest BCUT2D eigenvalue weighted by Crippen LogP contribution is -2.37. The van der Waals surface area contributed by atoms with Gasteiger partial charge in [-0.25, -0.2) is 9.20 Å². The van der Waals surface area contributed by atoms with Crippen LogP contribution in [-0.4, -0.2) is 28.3 Å². The highest BCUT2D eigenvalue weighted by molar-refractivity contribution is 6.30. The van der Waals surface area contributed by atoms with Gasteiger partial charge < -0.3 is 4.57 Å². The summed E-state index contributed by atoms with van der Waals surface area (Å²) in [6.07, 6.45) is 1.85. The van der Waals surface area contributed by atoms with Crippen molar-refractivity contribution in [3.05, 3.63) is 50.1 Å². The molecule has 0 spiro atoms. The van der Waals surface area contributed by atoms with Crippen molar-refractivity contribution in [2.24, 2.45) is 14.1 Å². The van der Waals surface area contributed by atoms with Gasteiger partial charge in [0.1, 0.15) is 0 Å². The standard InChI is InChI=1S/C18H19ClN6O2/c1-4-5-10-24-13-15(22(2)18(27)23(3)16(13)26)25-14(20-21-17(24)25)11-6-8-12(19)9-7-11/h6-9H,4-5,10H2,1-3H3. The minimum Gasteiger partial charge on any atom is -0.302 e. The second-order valence-electron chi connectivity index (χ2n) is 6.55. The van der Waals surface area contributed by atoms with E-state index in [1.807, 2.05) is 16.7 Å². The number of hydrogen-bond acceptors (Lipinski definition) is 4. The molecule has 9 heteroatoms. The Bertz CT molecular complexity index is 1280. The van der Waals surface area contributed by atoms with E-state index in [0.717, 1.165) is 23.0 Å². The van der Waals surface area contributed by atoms with Crippen LogP contribution in [0, 0.1) is 0 Å². The Labute approximate surface area is 159 Å². The molecule has 0 amide bonds. The van der Waals surface area contributed by atoms with Gasteiger partial charge >= 0.3 is 5.69 Å². The minimum absolute atomic E-state index is 0.336. The van der Waals surface area contributed by atoms with Gasteiger partial charge in [-0.2, -0.15) is 0 Å². The second kappa shape index (κ2) is 6.38. The lowest BCUT2D eigenvalue weighted by atomic mass is 10.2. The van der Waals surface area contributed by atoms with E-state index in [1.54, 1.807) is 23.6 Å². The summed E-state index contributed by atoms with van der Waals surface area (Å²) < 4.78 is 6.22. The largest absolute Gasteiger partial charge is 0.332 e. The molecule has 0 aliphatic rings. The highest BCUT2D eigenvalue weighted by Gasteiger charge is 2.23. The van der Waals surface area contributed by atoms with Crippen LogP contribution in [-0.2, 0) is 20.6 Å². The van der Waals surface area contributed by atoms with Crippen molar-refractivity contribution in [3.63, 3.8) is 0 Å². The number of halogens is 1. The molecule has 140 valence electrons. The van der Waals surface area contributed by atoms with Crippen LogP contribution in [0.25, 0.3) is 28.3 Å². The average molecular weight is 387 g/mol. The van der Waals surface area contributed by atoms with E-state index < -0.39 is 5.69 Å². The zero-order valence-corrected chi connectivity index (χ0v) is 16.1. The van der Waals surface area contributed by atoms with Crippen LogP contribution in [0.1, 0.15) is 19.8 Å². The monoisotopic (exact) mass is 386 g/mol. The molecule has 0 aliphatic carbocycles. The Morgan fingerprint density at radius 2 is 1.74 bits per heavy atom. The third kappa shape index (κ3) is 2.51. The van der Waals surface area contributed by atoms with E-state index in [9.17, 15) is 9.59 Å². The molecule has 0 radical (unpaired) electrons. The van der Waals surface area contributed by atoms with Gasteiger partial charge in [0.15, 0.2) is 17.0 Å². The fraction of sp³-hybridized carbons (Fsp3) is 0.333. The Morgan fingerprint density at radius 1 is 1.04 bits per heavy atom. The number of benzene rings is 1. The number of nitrogens with zero attached hydrogens (tertiary/aromatic N) is 6. The Hall–Kier alpha value is -2.87. The van der Waals surface area contributed by atoms with E-state index in [4.69, 9.17) is 11.6 Å². The zero-order chi connectivity index (χ0) is 19.3. The van der Waals surface area contributed by atoms with Gasteiger partial charge in [0.25, 0.3) is 5.56 Å². The number of unbranched alkanes of at least 4 members (excludes halogenated alkanes) is 1. The molecule has 0 saturated heterocycles. The molecule has 0 unspecified atom stereocenters. The van der Waals surface area contributed by atoms with Gasteiger partial charge in [0, 0.05) is 31.2 Å². The minimum atomic E-state index is -0.391. The third-order valence-corrected chi connectivity index (χ3v) is 5.07. The Morgan fingerprint density at radius 3 is 2.41 bits per heavy atom. The summed E-state index contributed by atoms with van der Waals surface area (Å²) in [7, 11) is 3.14. The van der Waals surface area contributed by atoms with Gasteiger partial charge in [0.2, 0.25) is 5.78 Å². The first-order valence-corrected chi connectivity index (χ1v) is 9.12. The highest BCUT2D eigenvalue weighted by Crippen LogP contribution is 2.25. The van der Waals surface area contributed by atoms with Gasteiger partial charge in [-0.05, 0) is 30.7 Å². The summed E-state index contributed by atoms with van der Waals surface area (Å²) in [4.78, 5) is 25.4. The van der Waals surface area contributed by atoms with Gasteiger partial charge in [0.05, 0.1) is 0 Å². The van der Waals surface area contributed by atoms with Crippen molar-refractivity contribution in [1.82, 2.24) is 28.3 Å². The van der Waals surface area contributed by atoms with Crippen molar-refractivity contribution in [2.45, 2.75) is 26.3 Å². The maximum atomic E-state index is 12.9. The summed E-state index contributed by atoms with van der Waals surface area (Å²) in [5.41, 5.74) is 1.02. The van der Waals surface area contributed by atoms with Crippen LogP contribution >= 0.6 is 11.6 Å². The van der Waals surface area contributed by atoms with E-state index in [-0.39, 0.29) is 5.56 Å². The fourth-order valence-electron chi connectivity index (χ4n) is 3.37. The molecule has 0 N–H and O–H groups in total. The van der Waals surface area contributed by atoms with E-state index in [0.29, 0.717) is 34.3 Å². The lowest BCUT2D eigenvalue weighted by molar-refractivity contribution is 0.646. The molecule has 0 saturated carbocycles. The molecule has 4 rings (SSSR count). The molecule has 0 atom stereocenters. The molecule has 0 bridgehead atoms. The Kier molecular flexibility index (Phi) is 4.15. The number of rotatable bonds is 4. The van der Waals surface area contributed by atoms with E-state index in [1.165, 1.54) is 11.6 Å². The van der Waals surface area contributed by atoms with E-state index in [2.05, 4.69) is 17.1 Å². The number of aromatic nitrogens is 6. The smallest absolute Gasteiger partial charge is 0.302 e. The second-order valence-corrected chi connectivity index (χ2v) is 6.99. The first kappa shape index (κ1) is 17.5. The molecule has 0 fully saturated rings. The SMILES string of the molecule is CCCCn1c2c(=O)n(C)c(=O)n(C)c2n2c(-c3ccc(Cl)cc3)nnc12. The number of fused-ring (bicyclic) bond motifs is 3. The molecule has 4 aromatic rings. The lowest BCUT2D eigenvalue weighted by Gasteiger charge is -2.07. The summed E-state index contributed by atoms with van der Waals surface area (Å²) in [5, 5.41) is 9.27. The van der Waals surface area contributed by atoms with Crippen molar-refractivity contribution in [1.29, 1.82) is 0 Å². The normalized spacial score (nSPS) is 11.7. The first-order chi connectivity index (χ1) is 13.0. The molecular formula is C18H19ClN6O2. The van der Waals surface area contributed by atoms with Gasteiger partial charge in [-0.3, -0.25) is 13.9 Å². The van der Waals surface area contributed by atoms with Crippen LogP contribution in [0.3, 0.4) is 0 Å². The first-order valence-electron chi connectivity index (χ1n) is 8.75. The fourth-order valence-corrected chi connectivity index (χ4v) is 3.49. The van der Waals surface area contributed by atoms with Crippen molar-refractivity contribution >= 4 is 28.5 Å². The summed E-state index contributed by atoms with van der Waals surface area (Å²) in [6, 6.07) is 7.22. The molecular weight excluding hydrogens is 368 g/mol. The van der Waals surface area contributed by atoms with Crippen LogP contribution in [0.2, 0.25) is 5.02 Å². The molecule has 0 aliphatic heterocycles. The quantitative estimate of drug-likeness (QED) is 0.538.